The average molecular weight is 227 g/mol. The van der Waals surface area contributed by atoms with Crippen molar-refractivity contribution in [2.24, 2.45) is 0 Å². The number of nitrogen functional groups attached to an aromatic ring is 1. The van der Waals surface area contributed by atoms with E-state index in [2.05, 4.69) is 16.2 Å². The molecule has 1 unspecified atom stereocenters. The standard InChI is InChI=1S/C12H13N5/c1-2-11(7-13)17-8-15-12(16-17)9-4-3-5-10(14)6-9/h3-6,8,11H,2,14H2,1H3. The number of anilines is 1. The maximum absolute atomic E-state index is 8.94. The second-order valence-electron chi connectivity index (χ2n) is 3.73. The van der Waals surface area contributed by atoms with Crippen molar-refractivity contribution < 1.29 is 0 Å². The molecule has 2 aromatic rings. The molecule has 0 aliphatic carbocycles. The van der Waals surface area contributed by atoms with Crippen LogP contribution in [0.3, 0.4) is 0 Å². The zero-order chi connectivity index (χ0) is 12.3. The Labute approximate surface area is 99.5 Å². The maximum atomic E-state index is 8.94. The first kappa shape index (κ1) is 11.1. The van der Waals surface area contributed by atoms with Gasteiger partial charge < -0.3 is 5.73 Å². The third-order valence-electron chi connectivity index (χ3n) is 2.51. The van der Waals surface area contributed by atoms with E-state index in [1.54, 1.807) is 11.0 Å². The fraction of sp³-hybridized carbons (Fsp3) is 0.250. The highest BCUT2D eigenvalue weighted by Gasteiger charge is 2.10. The molecule has 0 radical (unpaired) electrons. The topological polar surface area (TPSA) is 80.5 Å². The normalized spacial score (nSPS) is 12.0. The van der Waals surface area contributed by atoms with Crippen molar-refractivity contribution in [2.45, 2.75) is 19.4 Å². The van der Waals surface area contributed by atoms with Gasteiger partial charge in [0.05, 0.1) is 6.07 Å². The van der Waals surface area contributed by atoms with E-state index in [1.165, 1.54) is 0 Å². The first-order chi connectivity index (χ1) is 8.24. The van der Waals surface area contributed by atoms with E-state index in [0.717, 1.165) is 5.56 Å². The summed E-state index contributed by atoms with van der Waals surface area (Å²) in [4.78, 5) is 4.19. The van der Waals surface area contributed by atoms with Gasteiger partial charge >= 0.3 is 0 Å². The summed E-state index contributed by atoms with van der Waals surface area (Å²) >= 11 is 0. The van der Waals surface area contributed by atoms with E-state index in [-0.39, 0.29) is 6.04 Å². The molecule has 1 aromatic carbocycles. The highest BCUT2D eigenvalue weighted by molar-refractivity contribution is 5.60. The molecule has 0 spiro atoms. The minimum Gasteiger partial charge on any atom is -0.399 e. The summed E-state index contributed by atoms with van der Waals surface area (Å²) in [6.07, 6.45) is 2.28. The molecule has 1 aromatic heterocycles. The average Bonchev–Trinajstić information content (AvgIpc) is 2.80. The molecule has 5 heteroatoms. The van der Waals surface area contributed by atoms with Gasteiger partial charge in [-0.3, -0.25) is 0 Å². The van der Waals surface area contributed by atoms with E-state index in [1.807, 2.05) is 31.2 Å². The lowest BCUT2D eigenvalue weighted by atomic mass is 10.2. The quantitative estimate of drug-likeness (QED) is 0.813. The van der Waals surface area contributed by atoms with Gasteiger partial charge in [-0.2, -0.15) is 5.26 Å². The number of nitrogens with two attached hydrogens (primary N) is 1. The highest BCUT2D eigenvalue weighted by Crippen LogP contribution is 2.18. The molecule has 2 rings (SSSR count). The molecule has 0 amide bonds. The number of rotatable bonds is 3. The minimum atomic E-state index is -0.266. The summed E-state index contributed by atoms with van der Waals surface area (Å²) in [5.41, 5.74) is 7.23. The molecular weight excluding hydrogens is 214 g/mol. The summed E-state index contributed by atoms with van der Waals surface area (Å²) in [7, 11) is 0. The van der Waals surface area contributed by atoms with Crippen molar-refractivity contribution in [3.05, 3.63) is 30.6 Å². The number of hydrogen-bond acceptors (Lipinski definition) is 4. The predicted molar refractivity (Wildman–Crippen MR) is 64.8 cm³/mol. The molecule has 0 fully saturated rings. The SMILES string of the molecule is CCC(C#N)n1cnc(-c2cccc(N)c2)n1. The Hall–Kier alpha value is -2.35. The molecule has 0 aliphatic rings. The molecule has 1 heterocycles. The maximum Gasteiger partial charge on any atom is 0.181 e. The number of aromatic nitrogens is 3. The van der Waals surface area contributed by atoms with Crippen molar-refractivity contribution in [3.63, 3.8) is 0 Å². The summed E-state index contributed by atoms with van der Waals surface area (Å²) in [6.45, 7) is 1.94. The van der Waals surface area contributed by atoms with E-state index < -0.39 is 0 Å². The van der Waals surface area contributed by atoms with Crippen molar-refractivity contribution in [2.75, 3.05) is 5.73 Å². The second kappa shape index (κ2) is 4.66. The molecule has 0 saturated heterocycles. The second-order valence-corrected chi connectivity index (χ2v) is 3.73. The minimum absolute atomic E-state index is 0.266. The molecule has 2 N–H and O–H groups in total. The number of benzene rings is 1. The molecule has 1 atom stereocenters. The van der Waals surface area contributed by atoms with Crippen molar-refractivity contribution in [1.29, 1.82) is 5.26 Å². The van der Waals surface area contributed by atoms with Gasteiger partial charge in [0.1, 0.15) is 12.4 Å². The van der Waals surface area contributed by atoms with E-state index in [0.29, 0.717) is 17.9 Å². The van der Waals surface area contributed by atoms with Gasteiger partial charge in [-0.15, -0.1) is 5.10 Å². The summed E-state index contributed by atoms with van der Waals surface area (Å²) in [5.74, 6) is 0.589. The molecular formula is C12H13N5. The van der Waals surface area contributed by atoms with Crippen molar-refractivity contribution in [1.82, 2.24) is 14.8 Å². The van der Waals surface area contributed by atoms with E-state index in [4.69, 9.17) is 11.0 Å². The van der Waals surface area contributed by atoms with Crippen LogP contribution in [-0.4, -0.2) is 14.8 Å². The van der Waals surface area contributed by atoms with Gasteiger partial charge in [-0.25, -0.2) is 9.67 Å². The lowest BCUT2D eigenvalue weighted by Crippen LogP contribution is -2.06. The lowest BCUT2D eigenvalue weighted by molar-refractivity contribution is 0.534. The number of nitrogens with zero attached hydrogens (tertiary/aromatic N) is 4. The van der Waals surface area contributed by atoms with Crippen LogP contribution in [0.15, 0.2) is 30.6 Å². The number of hydrogen-bond donors (Lipinski definition) is 1. The Balaban J connectivity index is 2.33. The molecule has 17 heavy (non-hydrogen) atoms. The lowest BCUT2D eigenvalue weighted by Gasteiger charge is -2.03. The highest BCUT2D eigenvalue weighted by atomic mass is 15.3. The molecule has 5 nitrogen and oxygen atoms in total. The molecule has 0 saturated carbocycles. The van der Waals surface area contributed by atoms with Gasteiger partial charge in [0.2, 0.25) is 0 Å². The largest absolute Gasteiger partial charge is 0.399 e. The van der Waals surface area contributed by atoms with Gasteiger partial charge in [0.25, 0.3) is 0 Å². The van der Waals surface area contributed by atoms with Crippen LogP contribution in [0, 0.1) is 11.3 Å². The first-order valence-corrected chi connectivity index (χ1v) is 5.41. The Morgan fingerprint density at radius 1 is 1.53 bits per heavy atom. The zero-order valence-corrected chi connectivity index (χ0v) is 9.54. The number of nitriles is 1. The summed E-state index contributed by atoms with van der Waals surface area (Å²) in [6, 6.07) is 9.28. The molecule has 0 bridgehead atoms. The van der Waals surface area contributed by atoms with Crippen molar-refractivity contribution in [3.8, 4) is 17.5 Å². The van der Waals surface area contributed by atoms with E-state index in [9.17, 15) is 0 Å². The van der Waals surface area contributed by atoms with Crippen LogP contribution in [0.25, 0.3) is 11.4 Å². The van der Waals surface area contributed by atoms with Gasteiger partial charge in [0.15, 0.2) is 5.82 Å². The first-order valence-electron chi connectivity index (χ1n) is 5.41. The third kappa shape index (κ3) is 2.26. The van der Waals surface area contributed by atoms with Crippen LogP contribution in [0.5, 0.6) is 0 Å². The van der Waals surface area contributed by atoms with Crippen LogP contribution in [0.4, 0.5) is 5.69 Å². The van der Waals surface area contributed by atoms with Gasteiger partial charge in [-0.1, -0.05) is 19.1 Å². The predicted octanol–water partition coefficient (Wildman–Crippen LogP) is 2.00. The van der Waals surface area contributed by atoms with Crippen LogP contribution >= 0.6 is 0 Å². The monoisotopic (exact) mass is 227 g/mol. The molecule has 86 valence electrons. The fourth-order valence-corrected chi connectivity index (χ4v) is 1.57. The Morgan fingerprint density at radius 3 is 3.00 bits per heavy atom. The Morgan fingerprint density at radius 2 is 2.35 bits per heavy atom. The fourth-order valence-electron chi connectivity index (χ4n) is 1.57. The van der Waals surface area contributed by atoms with Gasteiger partial charge in [-0.05, 0) is 18.6 Å². The van der Waals surface area contributed by atoms with Crippen LogP contribution < -0.4 is 5.73 Å². The Kier molecular flexibility index (Phi) is 3.06. The summed E-state index contributed by atoms with van der Waals surface area (Å²) < 4.78 is 1.58. The Bertz CT molecular complexity index is 552. The van der Waals surface area contributed by atoms with E-state index >= 15 is 0 Å². The smallest absolute Gasteiger partial charge is 0.181 e. The van der Waals surface area contributed by atoms with Crippen molar-refractivity contribution >= 4 is 5.69 Å². The van der Waals surface area contributed by atoms with Gasteiger partial charge in [0, 0.05) is 11.3 Å². The van der Waals surface area contributed by atoms with Crippen LogP contribution in [0.1, 0.15) is 19.4 Å². The molecule has 0 aliphatic heterocycles. The summed E-state index contributed by atoms with van der Waals surface area (Å²) in [5, 5.41) is 13.2. The zero-order valence-electron chi connectivity index (χ0n) is 9.54. The van der Waals surface area contributed by atoms with Crippen LogP contribution in [-0.2, 0) is 0 Å². The third-order valence-corrected chi connectivity index (χ3v) is 2.51. The van der Waals surface area contributed by atoms with Crippen LogP contribution in [0.2, 0.25) is 0 Å².